The number of nitrogens with one attached hydrogen (secondary N) is 1. The van der Waals surface area contributed by atoms with Crippen molar-refractivity contribution >= 4 is 57.4 Å². The molecule has 0 spiro atoms. The summed E-state index contributed by atoms with van der Waals surface area (Å²) < 4.78 is 12.1. The van der Waals surface area contributed by atoms with Gasteiger partial charge in [0.2, 0.25) is 5.91 Å². The summed E-state index contributed by atoms with van der Waals surface area (Å²) in [5.74, 6) is -3.10. The van der Waals surface area contributed by atoms with Crippen molar-refractivity contribution in [1.82, 2.24) is 29.8 Å². The van der Waals surface area contributed by atoms with Gasteiger partial charge in [0.05, 0.1) is 25.3 Å². The van der Waals surface area contributed by atoms with E-state index in [0.29, 0.717) is 34.8 Å². The maximum Gasteiger partial charge on any atom is 0.328 e. The van der Waals surface area contributed by atoms with Crippen LogP contribution in [0.3, 0.4) is 0 Å². The Morgan fingerprint density at radius 3 is 1.77 bits per heavy atom. The SMILES string of the molecule is C.COC(=O)[C@@H]1CCCCN1.COC(=O)[C@@H]1CCCCN1C(=O)Cn1nc(C(N)=O)c2ccccc21.NC(=O)c1nn(CC(=O)O)c2ccccc12. The van der Waals surface area contributed by atoms with Crippen molar-refractivity contribution in [3.8, 4) is 0 Å². The number of carboxylic acids is 1. The monoisotopic (exact) mass is 722 g/mol. The summed E-state index contributed by atoms with van der Waals surface area (Å²) in [5.41, 5.74) is 12.0. The molecule has 4 heterocycles. The summed E-state index contributed by atoms with van der Waals surface area (Å²) in [6.45, 7) is 1.08. The van der Waals surface area contributed by atoms with Crippen molar-refractivity contribution in [2.24, 2.45) is 11.5 Å². The van der Waals surface area contributed by atoms with Gasteiger partial charge >= 0.3 is 17.9 Å². The number of benzene rings is 2. The minimum Gasteiger partial charge on any atom is -0.480 e. The summed E-state index contributed by atoms with van der Waals surface area (Å²) in [6, 6.07) is 13.3. The Morgan fingerprint density at radius 2 is 1.29 bits per heavy atom. The second-order valence-electron chi connectivity index (χ2n) is 11.8. The van der Waals surface area contributed by atoms with E-state index in [0.717, 1.165) is 32.2 Å². The first-order valence-corrected chi connectivity index (χ1v) is 16.4. The van der Waals surface area contributed by atoms with Gasteiger partial charge in [-0.3, -0.25) is 33.3 Å². The number of aromatic nitrogens is 4. The number of esters is 2. The highest BCUT2D eigenvalue weighted by Gasteiger charge is 2.33. The number of nitrogens with two attached hydrogens (primary N) is 2. The number of ether oxygens (including phenoxy) is 2. The summed E-state index contributed by atoms with van der Waals surface area (Å²) in [7, 11) is 2.75. The highest BCUT2D eigenvalue weighted by molar-refractivity contribution is 6.05. The Balaban J connectivity index is 0.000000231. The van der Waals surface area contributed by atoms with Gasteiger partial charge in [-0.25, -0.2) is 4.79 Å². The predicted molar refractivity (Wildman–Crippen MR) is 190 cm³/mol. The number of nitrogens with zero attached hydrogens (tertiary/aromatic N) is 5. The van der Waals surface area contributed by atoms with Crippen molar-refractivity contribution in [1.29, 1.82) is 0 Å². The van der Waals surface area contributed by atoms with Crippen LogP contribution in [-0.2, 0) is 41.7 Å². The standard InChI is InChI=1S/C17H20N4O4.C10H9N3O3.C7H13NO2.CH4/c1-25-17(24)13-8-4-5-9-20(13)14(22)10-21-12-7-3-2-6-11(12)15(19-21)16(18)23;11-10(16)9-6-3-1-2-4-7(6)13(12-9)5-8(14)15;1-10-7(9)6-4-2-3-5-8-6;/h2-3,6-7,13H,4-5,8-10H2,1H3,(H2,18,23);1-4H,5H2,(H2,11,16)(H,14,15);6,8H,2-5H2,1H3;1H4/t13-;;6-;/m0.0./s1. The molecule has 0 aliphatic carbocycles. The average molecular weight is 723 g/mol. The van der Waals surface area contributed by atoms with Gasteiger partial charge < -0.3 is 36.3 Å². The number of aliphatic carboxylic acids is 1. The largest absolute Gasteiger partial charge is 0.480 e. The molecule has 2 aliphatic rings. The Kier molecular flexibility index (Phi) is 14.8. The molecule has 2 saturated heterocycles. The number of rotatable bonds is 8. The fourth-order valence-electron chi connectivity index (χ4n) is 6.01. The Bertz CT molecular complexity index is 1900. The number of piperidine rings is 2. The summed E-state index contributed by atoms with van der Waals surface area (Å²) in [5, 5.41) is 21.0. The third-order valence-corrected chi connectivity index (χ3v) is 8.45. The normalized spacial score (nSPS) is 16.6. The lowest BCUT2D eigenvalue weighted by Gasteiger charge is -2.33. The number of hydrogen-bond donors (Lipinski definition) is 4. The number of primary amides is 2. The molecule has 0 saturated carbocycles. The van der Waals surface area contributed by atoms with E-state index in [9.17, 15) is 28.8 Å². The van der Waals surface area contributed by atoms with Gasteiger partial charge in [-0.15, -0.1) is 0 Å². The van der Waals surface area contributed by atoms with Crippen molar-refractivity contribution < 1.29 is 43.3 Å². The van der Waals surface area contributed by atoms with Crippen LogP contribution in [0.5, 0.6) is 0 Å². The van der Waals surface area contributed by atoms with E-state index >= 15 is 0 Å². The smallest absolute Gasteiger partial charge is 0.328 e. The van der Waals surface area contributed by atoms with Crippen molar-refractivity contribution in [3.05, 3.63) is 59.9 Å². The summed E-state index contributed by atoms with van der Waals surface area (Å²) in [6.07, 6.45) is 5.53. The first-order chi connectivity index (χ1) is 24.5. The number of likely N-dealkylation sites (tertiary alicyclic amines) is 1. The molecule has 2 fully saturated rings. The molecule has 0 radical (unpaired) electrons. The number of carbonyl (C=O) groups is 6. The Hall–Kier alpha value is -5.84. The molecule has 0 unspecified atom stereocenters. The molecule has 280 valence electrons. The number of carboxylic acid groups (broad SMARTS) is 1. The lowest BCUT2D eigenvalue weighted by atomic mass is 10.0. The number of carbonyl (C=O) groups excluding carboxylic acids is 5. The number of hydrogen-bond acceptors (Lipinski definition) is 11. The Labute approximate surface area is 300 Å². The van der Waals surface area contributed by atoms with Crippen LogP contribution in [0.25, 0.3) is 21.8 Å². The van der Waals surface area contributed by atoms with Gasteiger partial charge in [0.15, 0.2) is 11.4 Å². The number of fused-ring (bicyclic) bond motifs is 2. The molecule has 4 aromatic rings. The minimum absolute atomic E-state index is 0. The molecule has 3 amide bonds. The molecule has 17 heteroatoms. The van der Waals surface area contributed by atoms with Crippen molar-refractivity contribution in [2.45, 2.75) is 71.1 Å². The molecule has 2 aromatic carbocycles. The van der Waals surface area contributed by atoms with Crippen molar-refractivity contribution in [3.63, 3.8) is 0 Å². The fourth-order valence-corrected chi connectivity index (χ4v) is 6.01. The van der Waals surface area contributed by atoms with E-state index in [-0.39, 0.29) is 49.8 Å². The highest BCUT2D eigenvalue weighted by Crippen LogP contribution is 2.22. The fraction of sp³-hybridized carbons (Fsp3) is 0.429. The average Bonchev–Trinajstić information content (AvgIpc) is 3.70. The first kappa shape index (κ1) is 40.6. The van der Waals surface area contributed by atoms with E-state index in [4.69, 9.17) is 21.3 Å². The molecular formula is C35H46N8O9. The maximum atomic E-state index is 12.8. The lowest BCUT2D eigenvalue weighted by molar-refractivity contribution is -0.155. The van der Waals surface area contributed by atoms with E-state index in [1.165, 1.54) is 34.9 Å². The third kappa shape index (κ3) is 9.90. The summed E-state index contributed by atoms with van der Waals surface area (Å²) >= 11 is 0. The molecule has 2 aliphatic heterocycles. The molecule has 2 atom stereocenters. The minimum atomic E-state index is -1.02. The molecule has 52 heavy (non-hydrogen) atoms. The van der Waals surface area contributed by atoms with E-state index in [2.05, 4.69) is 20.3 Å². The van der Waals surface area contributed by atoms with Gasteiger partial charge in [-0.2, -0.15) is 10.2 Å². The van der Waals surface area contributed by atoms with Crippen molar-refractivity contribution in [2.75, 3.05) is 27.3 Å². The van der Waals surface area contributed by atoms with Gasteiger partial charge in [-0.05, 0) is 50.8 Å². The second-order valence-corrected chi connectivity index (χ2v) is 11.8. The molecule has 6 N–H and O–H groups in total. The zero-order valence-electron chi connectivity index (χ0n) is 28.4. The van der Waals surface area contributed by atoms with Crippen LogP contribution in [0, 0.1) is 0 Å². The molecule has 0 bridgehead atoms. The predicted octanol–water partition coefficient (Wildman–Crippen LogP) is 1.85. The highest BCUT2D eigenvalue weighted by atomic mass is 16.5. The Morgan fingerprint density at radius 1 is 0.769 bits per heavy atom. The van der Waals surface area contributed by atoms with Crippen LogP contribution in [0.1, 0.15) is 66.9 Å². The molecule has 17 nitrogen and oxygen atoms in total. The van der Waals surface area contributed by atoms with Crippen LogP contribution in [0.15, 0.2) is 48.5 Å². The first-order valence-electron chi connectivity index (χ1n) is 16.4. The van der Waals surface area contributed by atoms with Crippen LogP contribution in [-0.4, -0.2) is 105 Å². The lowest BCUT2D eigenvalue weighted by Crippen LogP contribution is -2.49. The molecule has 2 aromatic heterocycles. The van der Waals surface area contributed by atoms with Crippen LogP contribution >= 0.6 is 0 Å². The van der Waals surface area contributed by atoms with Gasteiger partial charge in [0, 0.05) is 17.3 Å². The zero-order chi connectivity index (χ0) is 37.1. The quantitative estimate of drug-likeness (QED) is 0.190. The topological polar surface area (TPSA) is 244 Å². The van der Waals surface area contributed by atoms with E-state index in [1.807, 2.05) is 0 Å². The molecule has 6 rings (SSSR count). The van der Waals surface area contributed by atoms with Crippen LogP contribution in [0.2, 0.25) is 0 Å². The number of para-hydroxylation sites is 2. The summed E-state index contributed by atoms with van der Waals surface area (Å²) in [4.78, 5) is 70.4. The number of amides is 3. The maximum absolute atomic E-state index is 12.8. The van der Waals surface area contributed by atoms with Crippen LogP contribution in [0.4, 0.5) is 0 Å². The van der Waals surface area contributed by atoms with Crippen LogP contribution < -0.4 is 16.8 Å². The van der Waals surface area contributed by atoms with E-state index in [1.54, 1.807) is 48.5 Å². The third-order valence-electron chi connectivity index (χ3n) is 8.45. The van der Waals surface area contributed by atoms with Gasteiger partial charge in [0.25, 0.3) is 11.8 Å². The zero-order valence-corrected chi connectivity index (χ0v) is 28.4. The van der Waals surface area contributed by atoms with Gasteiger partial charge in [-0.1, -0.05) is 50.2 Å². The molecular weight excluding hydrogens is 676 g/mol. The van der Waals surface area contributed by atoms with Gasteiger partial charge in [0.1, 0.15) is 25.2 Å². The number of methoxy groups -OCH3 is 2. The second kappa shape index (κ2) is 19.0. The van der Waals surface area contributed by atoms with E-state index < -0.39 is 29.8 Å².